The Morgan fingerprint density at radius 3 is 2.83 bits per heavy atom. The Morgan fingerprint density at radius 1 is 1.56 bits per heavy atom. The van der Waals surface area contributed by atoms with E-state index in [2.05, 4.69) is 9.71 Å². The van der Waals surface area contributed by atoms with Crippen LogP contribution in [-0.4, -0.2) is 31.0 Å². The second kappa shape index (κ2) is 6.46. The van der Waals surface area contributed by atoms with Crippen molar-refractivity contribution in [3.05, 3.63) is 24.5 Å². The number of rotatable bonds is 7. The van der Waals surface area contributed by atoms with Gasteiger partial charge < -0.3 is 5.11 Å². The average Bonchev–Trinajstić information content (AvgIpc) is 2.35. The molecule has 0 aliphatic heterocycles. The van der Waals surface area contributed by atoms with Crippen LogP contribution in [0.5, 0.6) is 0 Å². The highest BCUT2D eigenvalue weighted by Crippen LogP contribution is 2.07. The molecule has 100 valence electrons. The highest BCUT2D eigenvalue weighted by Gasteiger charge is 2.14. The van der Waals surface area contributed by atoms with Gasteiger partial charge in [0.15, 0.2) is 0 Å². The number of hydrogen-bond acceptors (Lipinski definition) is 4. The fraction of sp³-hybridized carbons (Fsp3) is 0.455. The van der Waals surface area contributed by atoms with E-state index < -0.39 is 21.9 Å². The highest BCUT2D eigenvalue weighted by atomic mass is 32.2. The Labute approximate surface area is 106 Å². The molecule has 1 unspecified atom stereocenters. The van der Waals surface area contributed by atoms with E-state index in [1.165, 1.54) is 18.5 Å². The molecule has 1 aromatic heterocycles. The van der Waals surface area contributed by atoms with Gasteiger partial charge in [-0.15, -0.1) is 0 Å². The fourth-order valence-corrected chi connectivity index (χ4v) is 2.36. The van der Waals surface area contributed by atoms with Crippen molar-refractivity contribution in [2.75, 3.05) is 6.54 Å². The molecule has 0 bridgehead atoms. The van der Waals surface area contributed by atoms with Gasteiger partial charge in [0.25, 0.3) is 0 Å². The summed E-state index contributed by atoms with van der Waals surface area (Å²) < 4.78 is 25.9. The average molecular weight is 272 g/mol. The third-order valence-electron chi connectivity index (χ3n) is 2.47. The van der Waals surface area contributed by atoms with Crippen LogP contribution in [0.15, 0.2) is 29.4 Å². The Balaban J connectivity index is 2.42. The van der Waals surface area contributed by atoms with E-state index >= 15 is 0 Å². The largest absolute Gasteiger partial charge is 0.481 e. The lowest BCUT2D eigenvalue weighted by Gasteiger charge is -2.08. The molecule has 7 heteroatoms. The summed E-state index contributed by atoms with van der Waals surface area (Å²) in [6.45, 7) is 1.81. The van der Waals surface area contributed by atoms with Crippen molar-refractivity contribution < 1.29 is 18.3 Å². The molecule has 18 heavy (non-hydrogen) atoms. The van der Waals surface area contributed by atoms with Crippen LogP contribution < -0.4 is 4.72 Å². The normalized spacial score (nSPS) is 13.2. The third-order valence-corrected chi connectivity index (χ3v) is 3.92. The van der Waals surface area contributed by atoms with Crippen molar-refractivity contribution in [2.24, 2.45) is 5.92 Å². The molecule has 1 atom stereocenters. The Hall–Kier alpha value is -1.47. The first-order chi connectivity index (χ1) is 8.43. The maximum absolute atomic E-state index is 11.7. The molecule has 0 saturated carbocycles. The molecule has 1 aromatic rings. The number of pyridine rings is 1. The minimum atomic E-state index is -3.54. The van der Waals surface area contributed by atoms with Gasteiger partial charge in [0, 0.05) is 18.9 Å². The minimum Gasteiger partial charge on any atom is -0.481 e. The number of carboxylic acids is 1. The number of aliphatic carboxylic acids is 1. The van der Waals surface area contributed by atoms with Gasteiger partial charge >= 0.3 is 5.97 Å². The number of aromatic nitrogens is 1. The summed E-state index contributed by atoms with van der Waals surface area (Å²) in [4.78, 5) is 14.4. The second-order valence-electron chi connectivity index (χ2n) is 3.97. The maximum Gasteiger partial charge on any atom is 0.306 e. The number of hydrogen-bond donors (Lipinski definition) is 2. The van der Waals surface area contributed by atoms with E-state index in [9.17, 15) is 13.2 Å². The van der Waals surface area contributed by atoms with Crippen LogP contribution in [0.2, 0.25) is 0 Å². The van der Waals surface area contributed by atoms with E-state index in [0.717, 1.165) is 0 Å². The molecule has 0 saturated heterocycles. The van der Waals surface area contributed by atoms with Crippen LogP contribution in [-0.2, 0) is 14.8 Å². The quantitative estimate of drug-likeness (QED) is 0.718. The van der Waals surface area contributed by atoms with Gasteiger partial charge in [-0.3, -0.25) is 9.78 Å². The first-order valence-electron chi connectivity index (χ1n) is 5.56. The number of carbonyl (C=O) groups is 1. The van der Waals surface area contributed by atoms with Crippen LogP contribution in [0, 0.1) is 5.92 Å². The zero-order valence-corrected chi connectivity index (χ0v) is 10.9. The van der Waals surface area contributed by atoms with Gasteiger partial charge in [-0.1, -0.05) is 6.92 Å². The number of nitrogens with one attached hydrogen (secondary N) is 1. The predicted molar refractivity (Wildman–Crippen MR) is 65.5 cm³/mol. The summed E-state index contributed by atoms with van der Waals surface area (Å²) in [5.41, 5.74) is 0. The van der Waals surface area contributed by atoms with Crippen LogP contribution in [0.25, 0.3) is 0 Å². The topological polar surface area (TPSA) is 96.4 Å². The molecule has 0 aromatic carbocycles. The maximum atomic E-state index is 11.7. The third kappa shape index (κ3) is 4.42. The molecule has 1 rings (SSSR count). The van der Waals surface area contributed by atoms with Crippen LogP contribution >= 0.6 is 0 Å². The Bertz CT molecular complexity index is 487. The molecule has 0 spiro atoms. The van der Waals surface area contributed by atoms with E-state index in [1.807, 2.05) is 0 Å². The van der Waals surface area contributed by atoms with Gasteiger partial charge in [0.05, 0.1) is 5.92 Å². The van der Waals surface area contributed by atoms with Crippen molar-refractivity contribution in [1.82, 2.24) is 9.71 Å². The molecular weight excluding hydrogens is 256 g/mol. The summed E-state index contributed by atoms with van der Waals surface area (Å²) in [6.07, 6.45) is 3.67. The van der Waals surface area contributed by atoms with Crippen molar-refractivity contribution in [2.45, 2.75) is 24.7 Å². The van der Waals surface area contributed by atoms with E-state index in [0.29, 0.717) is 12.8 Å². The van der Waals surface area contributed by atoms with Gasteiger partial charge in [-0.25, -0.2) is 13.1 Å². The van der Waals surface area contributed by atoms with E-state index in [-0.39, 0.29) is 11.4 Å². The Kier molecular flexibility index (Phi) is 5.24. The van der Waals surface area contributed by atoms with Crippen molar-refractivity contribution in [1.29, 1.82) is 0 Å². The minimum absolute atomic E-state index is 0.108. The van der Waals surface area contributed by atoms with Crippen molar-refractivity contribution >= 4 is 16.0 Å². The predicted octanol–water partition coefficient (Wildman–Crippen LogP) is 0.861. The number of sulfonamides is 1. The lowest BCUT2D eigenvalue weighted by Crippen LogP contribution is -2.25. The molecule has 2 N–H and O–H groups in total. The van der Waals surface area contributed by atoms with E-state index in [1.54, 1.807) is 13.0 Å². The van der Waals surface area contributed by atoms with Crippen LogP contribution in [0.3, 0.4) is 0 Å². The molecule has 0 aliphatic rings. The zero-order valence-electron chi connectivity index (χ0n) is 10.0. The molecule has 0 aliphatic carbocycles. The smallest absolute Gasteiger partial charge is 0.306 e. The van der Waals surface area contributed by atoms with Gasteiger partial charge in [0.1, 0.15) is 4.90 Å². The highest BCUT2D eigenvalue weighted by molar-refractivity contribution is 7.89. The number of nitrogens with zero attached hydrogens (tertiary/aromatic N) is 1. The van der Waals surface area contributed by atoms with Gasteiger partial charge in [-0.05, 0) is 25.0 Å². The molecule has 0 amide bonds. The summed E-state index contributed by atoms with van der Waals surface area (Å²) >= 11 is 0. The summed E-state index contributed by atoms with van der Waals surface area (Å²) in [6, 6.07) is 3.00. The van der Waals surface area contributed by atoms with Crippen LogP contribution in [0.4, 0.5) is 0 Å². The summed E-state index contributed by atoms with van der Waals surface area (Å²) in [7, 11) is -3.54. The SMILES string of the molecule is CC(CCCNS(=O)(=O)c1cccnc1)C(=O)O. The lowest BCUT2D eigenvalue weighted by atomic mass is 10.1. The first kappa shape index (κ1) is 14.6. The van der Waals surface area contributed by atoms with Crippen LogP contribution in [0.1, 0.15) is 19.8 Å². The summed E-state index contributed by atoms with van der Waals surface area (Å²) in [5.74, 6) is -1.34. The second-order valence-corrected chi connectivity index (χ2v) is 5.73. The van der Waals surface area contributed by atoms with Gasteiger partial charge in [0.2, 0.25) is 10.0 Å². The Morgan fingerprint density at radius 2 is 2.28 bits per heavy atom. The monoisotopic (exact) mass is 272 g/mol. The first-order valence-corrected chi connectivity index (χ1v) is 7.04. The van der Waals surface area contributed by atoms with E-state index in [4.69, 9.17) is 5.11 Å². The summed E-state index contributed by atoms with van der Waals surface area (Å²) in [5, 5.41) is 8.67. The zero-order chi connectivity index (χ0) is 13.6. The fourth-order valence-electron chi connectivity index (χ4n) is 1.33. The molecule has 1 heterocycles. The van der Waals surface area contributed by atoms with Gasteiger partial charge in [-0.2, -0.15) is 0 Å². The molecule has 6 nitrogen and oxygen atoms in total. The standard InChI is InChI=1S/C11H16N2O4S/c1-9(11(14)15)4-2-7-13-18(16,17)10-5-3-6-12-8-10/h3,5-6,8-9,13H,2,4,7H2,1H3,(H,14,15). The number of carboxylic acid groups (broad SMARTS) is 1. The lowest BCUT2D eigenvalue weighted by molar-refractivity contribution is -0.141. The molecular formula is C11H16N2O4S. The molecule has 0 radical (unpaired) electrons. The van der Waals surface area contributed by atoms with Crippen molar-refractivity contribution in [3.63, 3.8) is 0 Å². The van der Waals surface area contributed by atoms with Crippen molar-refractivity contribution in [3.8, 4) is 0 Å². The molecule has 0 fully saturated rings.